The third-order valence-electron chi connectivity index (χ3n) is 6.11. The Balaban J connectivity index is 1.48. The zero-order valence-corrected chi connectivity index (χ0v) is 13.7. The van der Waals surface area contributed by atoms with Crippen LogP contribution in [0, 0.1) is 5.41 Å². The van der Waals surface area contributed by atoms with Crippen molar-refractivity contribution in [2.24, 2.45) is 5.41 Å². The Kier molecular flexibility index (Phi) is 5.35. The molecular formula is C17H30F2N2O. The SMILES string of the molecule is CCO[C@H]1C[C@H](NC2CCN(CC(F)F)CC2)C12CCCC2. The number of alkyl halides is 2. The number of hydrogen-bond donors (Lipinski definition) is 1. The van der Waals surface area contributed by atoms with Crippen molar-refractivity contribution in [3.63, 3.8) is 0 Å². The first-order chi connectivity index (χ1) is 10.6. The van der Waals surface area contributed by atoms with E-state index in [2.05, 4.69) is 12.2 Å². The molecule has 2 aliphatic carbocycles. The maximum absolute atomic E-state index is 12.4. The summed E-state index contributed by atoms with van der Waals surface area (Å²) in [4.78, 5) is 1.90. The van der Waals surface area contributed by atoms with Crippen LogP contribution in [0.1, 0.15) is 51.9 Å². The quantitative estimate of drug-likeness (QED) is 0.815. The van der Waals surface area contributed by atoms with Gasteiger partial charge in [-0.1, -0.05) is 12.8 Å². The van der Waals surface area contributed by atoms with Crippen LogP contribution in [-0.4, -0.2) is 55.8 Å². The molecule has 1 spiro atoms. The minimum absolute atomic E-state index is 0.0630. The molecule has 128 valence electrons. The van der Waals surface area contributed by atoms with Gasteiger partial charge >= 0.3 is 0 Å². The minimum Gasteiger partial charge on any atom is -0.378 e. The Morgan fingerprint density at radius 2 is 1.91 bits per heavy atom. The van der Waals surface area contributed by atoms with Crippen molar-refractivity contribution < 1.29 is 13.5 Å². The summed E-state index contributed by atoms with van der Waals surface area (Å²) in [6.45, 7) is 4.44. The molecule has 0 aromatic carbocycles. The zero-order valence-electron chi connectivity index (χ0n) is 13.7. The number of halogens is 2. The van der Waals surface area contributed by atoms with Crippen LogP contribution in [0.2, 0.25) is 0 Å². The van der Waals surface area contributed by atoms with E-state index < -0.39 is 6.43 Å². The second-order valence-electron chi connectivity index (χ2n) is 7.31. The molecule has 2 saturated carbocycles. The predicted octanol–water partition coefficient (Wildman–Crippen LogP) is 3.04. The molecule has 3 aliphatic rings. The molecule has 3 rings (SSSR count). The first kappa shape index (κ1) is 16.6. The van der Waals surface area contributed by atoms with E-state index in [-0.39, 0.29) is 6.54 Å². The van der Waals surface area contributed by atoms with Crippen molar-refractivity contribution >= 4 is 0 Å². The Morgan fingerprint density at radius 3 is 2.50 bits per heavy atom. The summed E-state index contributed by atoms with van der Waals surface area (Å²) in [7, 11) is 0. The smallest absolute Gasteiger partial charge is 0.251 e. The van der Waals surface area contributed by atoms with Gasteiger partial charge in [-0.2, -0.15) is 0 Å². The average molecular weight is 316 g/mol. The molecule has 1 saturated heterocycles. The molecule has 0 amide bonds. The van der Waals surface area contributed by atoms with Gasteiger partial charge in [0.15, 0.2) is 0 Å². The molecule has 1 N–H and O–H groups in total. The van der Waals surface area contributed by atoms with E-state index in [0.717, 1.165) is 39.0 Å². The highest BCUT2D eigenvalue weighted by atomic mass is 19.3. The highest BCUT2D eigenvalue weighted by Gasteiger charge is 2.56. The summed E-state index contributed by atoms with van der Waals surface area (Å²) in [5.74, 6) is 0. The number of hydrogen-bond acceptors (Lipinski definition) is 3. The van der Waals surface area contributed by atoms with E-state index in [1.165, 1.54) is 25.7 Å². The van der Waals surface area contributed by atoms with Crippen LogP contribution < -0.4 is 5.32 Å². The molecule has 1 aliphatic heterocycles. The standard InChI is InChI=1S/C17H30F2N2O/c1-2-22-15-11-14(17(15)7-3-4-8-17)20-13-5-9-21(10-6-13)12-16(18)19/h13-16,20H,2-12H2,1H3/t14-,15-/m0/s1. The van der Waals surface area contributed by atoms with Crippen LogP contribution in [0.4, 0.5) is 8.78 Å². The lowest BCUT2D eigenvalue weighted by molar-refractivity contribution is -0.133. The van der Waals surface area contributed by atoms with Crippen LogP contribution in [0.25, 0.3) is 0 Å². The lowest BCUT2D eigenvalue weighted by atomic mass is 9.60. The first-order valence-electron chi connectivity index (χ1n) is 9.02. The molecule has 0 radical (unpaired) electrons. The maximum atomic E-state index is 12.4. The first-order valence-corrected chi connectivity index (χ1v) is 9.02. The Morgan fingerprint density at radius 1 is 1.23 bits per heavy atom. The summed E-state index contributed by atoms with van der Waals surface area (Å²) in [5, 5.41) is 3.86. The Bertz CT molecular complexity index is 353. The van der Waals surface area contributed by atoms with Crippen LogP contribution >= 0.6 is 0 Å². The van der Waals surface area contributed by atoms with Crippen molar-refractivity contribution in [3.05, 3.63) is 0 Å². The molecule has 5 heteroatoms. The van der Waals surface area contributed by atoms with E-state index in [1.807, 2.05) is 4.90 Å². The Hall–Kier alpha value is -0.260. The van der Waals surface area contributed by atoms with Gasteiger partial charge in [0, 0.05) is 24.1 Å². The van der Waals surface area contributed by atoms with E-state index in [1.54, 1.807) is 0 Å². The lowest BCUT2D eigenvalue weighted by Crippen LogP contribution is -2.65. The highest BCUT2D eigenvalue weighted by Crippen LogP contribution is 2.55. The predicted molar refractivity (Wildman–Crippen MR) is 83.3 cm³/mol. The molecule has 0 aromatic heterocycles. The van der Waals surface area contributed by atoms with E-state index in [0.29, 0.717) is 23.6 Å². The van der Waals surface area contributed by atoms with Gasteiger partial charge in [0.25, 0.3) is 6.43 Å². The molecule has 3 nitrogen and oxygen atoms in total. The van der Waals surface area contributed by atoms with Gasteiger partial charge < -0.3 is 10.1 Å². The summed E-state index contributed by atoms with van der Waals surface area (Å²) in [6, 6.07) is 1.08. The highest BCUT2D eigenvalue weighted by molar-refractivity contribution is 5.10. The van der Waals surface area contributed by atoms with Crippen LogP contribution in [0.15, 0.2) is 0 Å². The second kappa shape index (κ2) is 7.10. The fourth-order valence-electron chi connectivity index (χ4n) is 4.88. The van der Waals surface area contributed by atoms with E-state index >= 15 is 0 Å². The van der Waals surface area contributed by atoms with Gasteiger partial charge in [-0.15, -0.1) is 0 Å². The van der Waals surface area contributed by atoms with Crippen molar-refractivity contribution in [2.75, 3.05) is 26.2 Å². The summed E-state index contributed by atoms with van der Waals surface area (Å²) < 4.78 is 30.8. The number of likely N-dealkylation sites (tertiary alicyclic amines) is 1. The van der Waals surface area contributed by atoms with Gasteiger partial charge in [0.05, 0.1) is 12.6 Å². The molecule has 22 heavy (non-hydrogen) atoms. The van der Waals surface area contributed by atoms with Gasteiger partial charge in [0.1, 0.15) is 0 Å². The molecule has 0 unspecified atom stereocenters. The zero-order chi connectivity index (χ0) is 15.6. The van der Waals surface area contributed by atoms with Gasteiger partial charge in [0.2, 0.25) is 0 Å². The van der Waals surface area contributed by atoms with Gasteiger partial charge in [-0.05, 0) is 52.1 Å². The summed E-state index contributed by atoms with van der Waals surface area (Å²) in [5.41, 5.74) is 0.371. The van der Waals surface area contributed by atoms with E-state index in [9.17, 15) is 8.78 Å². The monoisotopic (exact) mass is 316 g/mol. The van der Waals surface area contributed by atoms with Gasteiger partial charge in [-0.3, -0.25) is 4.90 Å². The normalized spacial score (nSPS) is 32.7. The fourth-order valence-corrected chi connectivity index (χ4v) is 4.88. The number of piperidine rings is 1. The number of nitrogens with one attached hydrogen (secondary N) is 1. The number of rotatable bonds is 6. The second-order valence-corrected chi connectivity index (χ2v) is 7.31. The van der Waals surface area contributed by atoms with Crippen molar-refractivity contribution in [2.45, 2.75) is 76.5 Å². The largest absolute Gasteiger partial charge is 0.378 e. The Labute approximate surface area is 132 Å². The van der Waals surface area contributed by atoms with Crippen molar-refractivity contribution in [1.82, 2.24) is 10.2 Å². The molecule has 3 fully saturated rings. The van der Waals surface area contributed by atoms with Crippen molar-refractivity contribution in [1.29, 1.82) is 0 Å². The van der Waals surface area contributed by atoms with Gasteiger partial charge in [-0.25, -0.2) is 8.78 Å². The fraction of sp³-hybridized carbons (Fsp3) is 1.00. The van der Waals surface area contributed by atoms with Crippen molar-refractivity contribution in [3.8, 4) is 0 Å². The lowest BCUT2D eigenvalue weighted by Gasteiger charge is -2.55. The molecule has 1 heterocycles. The van der Waals surface area contributed by atoms with E-state index in [4.69, 9.17) is 4.74 Å². The van der Waals surface area contributed by atoms with Crippen LogP contribution in [0.5, 0.6) is 0 Å². The third kappa shape index (κ3) is 3.31. The molecular weight excluding hydrogens is 286 g/mol. The van der Waals surface area contributed by atoms with Crippen LogP contribution in [-0.2, 0) is 4.74 Å². The molecule has 0 bridgehead atoms. The average Bonchev–Trinajstić information content (AvgIpc) is 3.00. The van der Waals surface area contributed by atoms with Crippen LogP contribution in [0.3, 0.4) is 0 Å². The topological polar surface area (TPSA) is 24.5 Å². The number of ether oxygens (including phenoxy) is 1. The molecule has 0 aromatic rings. The molecule has 2 atom stereocenters. The summed E-state index contributed by atoms with van der Waals surface area (Å²) in [6.07, 6.45) is 6.60. The summed E-state index contributed by atoms with van der Waals surface area (Å²) >= 11 is 0. The maximum Gasteiger partial charge on any atom is 0.251 e. The third-order valence-corrected chi connectivity index (χ3v) is 6.11. The minimum atomic E-state index is -2.20. The number of nitrogens with zero attached hydrogens (tertiary/aromatic N) is 1.